The summed E-state index contributed by atoms with van der Waals surface area (Å²) in [5.74, 6) is -1.57. The van der Waals surface area contributed by atoms with Gasteiger partial charge in [-0.1, -0.05) is 11.6 Å². The molecule has 0 unspecified atom stereocenters. The standard InChI is InChI=1S/C34H44ClF3N6O5S/c1-40-8-2-9-41(16-15-40)24-4-10-42(11-5-24)31(46)29(19-22-17-26(34(36,37)38)30(45)27(35)18-22)49-33(48)43-12-6-25(7-13-43)44-14-3-23-20-50-21-28(23)39-32(44)47/h17-18,20-21,24-25,29,45H,2-16,19H2,1H3,(H,39,47)/t29-/m1/s1. The number of nitrogens with zero attached hydrogens (tertiary/aromatic N) is 5. The molecule has 0 aliphatic carbocycles. The molecule has 0 saturated carbocycles. The van der Waals surface area contributed by atoms with Gasteiger partial charge in [0, 0.05) is 69.7 Å². The molecule has 5 heterocycles. The van der Waals surface area contributed by atoms with Gasteiger partial charge in [-0.15, -0.1) is 11.3 Å². The van der Waals surface area contributed by atoms with Gasteiger partial charge in [-0.25, -0.2) is 9.59 Å². The molecule has 16 heteroatoms. The van der Waals surface area contributed by atoms with E-state index in [1.807, 2.05) is 10.8 Å². The lowest BCUT2D eigenvalue weighted by atomic mass is 10.00. The van der Waals surface area contributed by atoms with Crippen LogP contribution >= 0.6 is 22.9 Å². The molecule has 1 atom stereocenters. The molecule has 1 aromatic carbocycles. The molecule has 11 nitrogen and oxygen atoms in total. The van der Waals surface area contributed by atoms with Gasteiger partial charge in [0.1, 0.15) is 5.75 Å². The topological polar surface area (TPSA) is 109 Å². The van der Waals surface area contributed by atoms with Crippen LogP contribution in [0.2, 0.25) is 5.02 Å². The lowest BCUT2D eigenvalue weighted by Crippen LogP contribution is -2.53. The summed E-state index contributed by atoms with van der Waals surface area (Å²) in [5, 5.41) is 16.4. The van der Waals surface area contributed by atoms with Gasteiger partial charge in [-0.2, -0.15) is 13.2 Å². The predicted molar refractivity (Wildman–Crippen MR) is 184 cm³/mol. The summed E-state index contributed by atoms with van der Waals surface area (Å²) < 4.78 is 47.0. The fraction of sp³-hybridized carbons (Fsp3) is 0.618. The van der Waals surface area contributed by atoms with Crippen molar-refractivity contribution in [2.75, 3.05) is 71.3 Å². The molecule has 2 aromatic rings. The van der Waals surface area contributed by atoms with Gasteiger partial charge in [0.2, 0.25) is 0 Å². The number of likely N-dealkylation sites (tertiary alicyclic amines) is 2. The first-order valence-electron chi connectivity index (χ1n) is 17.3. The summed E-state index contributed by atoms with van der Waals surface area (Å²) in [6.45, 7) is 5.96. The molecule has 0 spiro atoms. The molecule has 0 radical (unpaired) electrons. The first-order valence-corrected chi connectivity index (χ1v) is 18.6. The van der Waals surface area contributed by atoms with Gasteiger partial charge in [0.15, 0.2) is 6.10 Å². The largest absolute Gasteiger partial charge is 0.506 e. The number of amides is 4. The number of ether oxygens (including phenoxy) is 1. The van der Waals surface area contributed by atoms with Gasteiger partial charge in [0.05, 0.1) is 16.3 Å². The highest BCUT2D eigenvalue weighted by Crippen LogP contribution is 2.40. The van der Waals surface area contributed by atoms with Crippen molar-refractivity contribution in [3.63, 3.8) is 0 Å². The van der Waals surface area contributed by atoms with Gasteiger partial charge in [0.25, 0.3) is 5.91 Å². The van der Waals surface area contributed by atoms with Crippen molar-refractivity contribution >= 4 is 46.7 Å². The van der Waals surface area contributed by atoms with Crippen molar-refractivity contribution in [3.05, 3.63) is 44.6 Å². The van der Waals surface area contributed by atoms with Crippen LogP contribution in [0.15, 0.2) is 22.9 Å². The molecule has 6 rings (SSSR count). The number of nitrogens with one attached hydrogen (secondary N) is 1. The number of alkyl halides is 3. The number of fused-ring (bicyclic) bond motifs is 1. The highest BCUT2D eigenvalue weighted by atomic mass is 35.5. The summed E-state index contributed by atoms with van der Waals surface area (Å²) in [7, 11) is 2.11. The van der Waals surface area contributed by atoms with Crippen molar-refractivity contribution in [1.29, 1.82) is 0 Å². The van der Waals surface area contributed by atoms with Crippen LogP contribution in [0.25, 0.3) is 0 Å². The van der Waals surface area contributed by atoms with E-state index in [2.05, 4.69) is 22.2 Å². The van der Waals surface area contributed by atoms with Gasteiger partial charge in [-0.05, 0) is 87.3 Å². The van der Waals surface area contributed by atoms with Crippen LogP contribution in [0.3, 0.4) is 0 Å². The summed E-state index contributed by atoms with van der Waals surface area (Å²) in [6.07, 6.45) is -3.07. The van der Waals surface area contributed by atoms with E-state index in [1.165, 1.54) is 11.0 Å². The van der Waals surface area contributed by atoms with Crippen LogP contribution in [-0.4, -0.2) is 132 Å². The minimum atomic E-state index is -4.88. The zero-order valence-electron chi connectivity index (χ0n) is 28.1. The molecule has 4 aliphatic heterocycles. The number of phenolic OH excluding ortho intramolecular Hbond substituents is 1. The van der Waals surface area contributed by atoms with Crippen molar-refractivity contribution in [1.82, 2.24) is 24.5 Å². The molecular weight excluding hydrogens is 697 g/mol. The van der Waals surface area contributed by atoms with Crippen molar-refractivity contribution in [2.45, 2.75) is 69.3 Å². The Kier molecular flexibility index (Phi) is 11.4. The first-order chi connectivity index (χ1) is 23.9. The lowest BCUT2D eigenvalue weighted by molar-refractivity contribution is -0.142. The van der Waals surface area contributed by atoms with Crippen LogP contribution in [0.4, 0.5) is 28.4 Å². The fourth-order valence-corrected chi connectivity index (χ4v) is 8.60. The Morgan fingerprint density at radius 1 is 0.980 bits per heavy atom. The number of hydrogen-bond donors (Lipinski definition) is 2. The Labute approximate surface area is 298 Å². The van der Waals surface area contributed by atoms with E-state index in [1.54, 1.807) is 21.1 Å². The number of benzene rings is 1. The number of likely N-dealkylation sites (N-methyl/N-ethyl adjacent to an activating group) is 1. The molecule has 0 bridgehead atoms. The Balaban J connectivity index is 1.12. The van der Waals surface area contributed by atoms with E-state index < -0.39 is 40.6 Å². The number of rotatable bonds is 6. The smallest absolute Gasteiger partial charge is 0.420 e. The van der Waals surface area contributed by atoms with Crippen molar-refractivity contribution < 1.29 is 37.4 Å². The average molecular weight is 741 g/mol. The maximum Gasteiger partial charge on any atom is 0.420 e. The molecule has 3 fully saturated rings. The maximum atomic E-state index is 14.0. The number of carbonyl (C=O) groups is 3. The second kappa shape index (κ2) is 15.5. The molecule has 4 aliphatic rings. The number of hydrogen-bond acceptors (Lipinski definition) is 8. The lowest BCUT2D eigenvalue weighted by Gasteiger charge is -2.40. The fourth-order valence-electron chi connectivity index (χ4n) is 7.53. The number of piperidine rings is 2. The average Bonchev–Trinajstić information content (AvgIpc) is 3.32. The molecule has 4 amide bonds. The number of phenols is 1. The summed E-state index contributed by atoms with van der Waals surface area (Å²) in [6, 6.07) is 1.96. The van der Waals surface area contributed by atoms with Gasteiger partial charge >= 0.3 is 18.3 Å². The van der Waals surface area contributed by atoms with Crippen molar-refractivity contribution in [3.8, 4) is 5.75 Å². The van der Waals surface area contributed by atoms with E-state index in [-0.39, 0.29) is 37.1 Å². The molecule has 1 aromatic heterocycles. The third kappa shape index (κ3) is 8.43. The summed E-state index contributed by atoms with van der Waals surface area (Å²) in [5.41, 5.74) is 0.611. The quantitative estimate of drug-likeness (QED) is 0.411. The number of carbonyl (C=O) groups excluding carboxylic acids is 3. The first kappa shape index (κ1) is 36.5. The summed E-state index contributed by atoms with van der Waals surface area (Å²) >= 11 is 7.54. The SMILES string of the molecule is CN1CCCN(C2CCN(C(=O)[C@@H](Cc3cc(Cl)c(O)c(C(F)(F)F)c3)OC(=O)N3CCC(N4CCc5cscc5NC4=O)CC3)CC2)CC1. The second-order valence-electron chi connectivity index (χ2n) is 13.7. The van der Waals surface area contributed by atoms with E-state index in [9.17, 15) is 32.7 Å². The molecule has 3 saturated heterocycles. The van der Waals surface area contributed by atoms with E-state index >= 15 is 0 Å². The molecular formula is C34H44ClF3N6O5S. The van der Waals surface area contributed by atoms with Crippen molar-refractivity contribution in [2.24, 2.45) is 0 Å². The van der Waals surface area contributed by atoms with Gasteiger partial charge < -0.3 is 34.8 Å². The normalized spacial score (nSPS) is 21.3. The van der Waals surface area contributed by atoms with Crippen LogP contribution in [0.5, 0.6) is 5.75 Å². The predicted octanol–water partition coefficient (Wildman–Crippen LogP) is 5.36. The number of halogens is 4. The summed E-state index contributed by atoms with van der Waals surface area (Å²) in [4.78, 5) is 50.2. The highest BCUT2D eigenvalue weighted by molar-refractivity contribution is 7.08. The number of thiophene rings is 1. The third-order valence-electron chi connectivity index (χ3n) is 10.4. The van der Waals surface area contributed by atoms with Crippen LogP contribution in [0, 0.1) is 0 Å². The number of anilines is 1. The minimum absolute atomic E-state index is 0.00845. The Hall–Kier alpha value is -3.27. The van der Waals surface area contributed by atoms with Crippen LogP contribution < -0.4 is 5.32 Å². The monoisotopic (exact) mass is 740 g/mol. The van der Waals surface area contributed by atoms with E-state index in [0.717, 1.165) is 69.2 Å². The Morgan fingerprint density at radius 3 is 2.40 bits per heavy atom. The number of aromatic hydroxyl groups is 1. The number of urea groups is 1. The Morgan fingerprint density at radius 2 is 1.68 bits per heavy atom. The molecule has 274 valence electrons. The van der Waals surface area contributed by atoms with Crippen LogP contribution in [0.1, 0.15) is 48.8 Å². The van der Waals surface area contributed by atoms with E-state index in [4.69, 9.17) is 16.3 Å². The second-order valence-corrected chi connectivity index (χ2v) is 14.9. The third-order valence-corrected chi connectivity index (χ3v) is 11.5. The van der Waals surface area contributed by atoms with Gasteiger partial charge in [-0.3, -0.25) is 9.69 Å². The van der Waals surface area contributed by atoms with Crippen LogP contribution in [-0.2, 0) is 28.5 Å². The molecule has 2 N–H and O–H groups in total. The molecule has 50 heavy (non-hydrogen) atoms. The zero-order valence-corrected chi connectivity index (χ0v) is 29.7. The zero-order chi connectivity index (χ0) is 35.6. The Bertz CT molecular complexity index is 1550. The highest BCUT2D eigenvalue weighted by Gasteiger charge is 2.39. The maximum absolute atomic E-state index is 14.0. The minimum Gasteiger partial charge on any atom is -0.506 e. The van der Waals surface area contributed by atoms with E-state index in [0.29, 0.717) is 38.5 Å².